The van der Waals surface area contributed by atoms with Crippen LogP contribution in [0, 0.1) is 0 Å². The number of methoxy groups -OCH3 is 1. The largest absolute Gasteiger partial charge is 0.497 e. The van der Waals surface area contributed by atoms with Crippen molar-refractivity contribution >= 4 is 5.69 Å². The first-order valence-electron chi connectivity index (χ1n) is 7.79. The van der Waals surface area contributed by atoms with Gasteiger partial charge in [0.2, 0.25) is 0 Å². The zero-order valence-electron chi connectivity index (χ0n) is 12.8. The van der Waals surface area contributed by atoms with Crippen LogP contribution in [0.3, 0.4) is 0 Å². The minimum Gasteiger partial charge on any atom is -0.497 e. The van der Waals surface area contributed by atoms with E-state index < -0.39 is 0 Å². The summed E-state index contributed by atoms with van der Waals surface area (Å²) in [4.78, 5) is 4.97. The SMILES string of the molecule is COc1ccc2c(c1)N(CCN1CCOCC1)CCNC2. The molecule has 0 amide bonds. The van der Waals surface area contributed by atoms with Gasteiger partial charge in [-0.25, -0.2) is 0 Å². The topological polar surface area (TPSA) is 37.0 Å². The summed E-state index contributed by atoms with van der Waals surface area (Å²) < 4.78 is 10.8. The zero-order valence-corrected chi connectivity index (χ0v) is 12.8. The molecule has 5 nitrogen and oxygen atoms in total. The predicted molar refractivity (Wildman–Crippen MR) is 84.2 cm³/mol. The Morgan fingerprint density at radius 3 is 2.86 bits per heavy atom. The molecule has 1 aromatic rings. The van der Waals surface area contributed by atoms with Crippen LogP contribution in [0.25, 0.3) is 0 Å². The van der Waals surface area contributed by atoms with Gasteiger partial charge in [-0.3, -0.25) is 4.90 Å². The summed E-state index contributed by atoms with van der Waals surface area (Å²) in [7, 11) is 1.73. The van der Waals surface area contributed by atoms with E-state index in [4.69, 9.17) is 9.47 Å². The van der Waals surface area contributed by atoms with Crippen LogP contribution in [0.15, 0.2) is 18.2 Å². The van der Waals surface area contributed by atoms with E-state index in [1.807, 2.05) is 6.07 Å². The third-order valence-corrected chi connectivity index (χ3v) is 4.30. The molecule has 3 rings (SSSR count). The number of hydrogen-bond acceptors (Lipinski definition) is 5. The van der Waals surface area contributed by atoms with Gasteiger partial charge < -0.3 is 19.7 Å². The summed E-state index contributed by atoms with van der Waals surface area (Å²) >= 11 is 0. The summed E-state index contributed by atoms with van der Waals surface area (Å²) in [6, 6.07) is 6.39. The van der Waals surface area contributed by atoms with Crippen molar-refractivity contribution in [1.82, 2.24) is 10.2 Å². The van der Waals surface area contributed by atoms with Crippen molar-refractivity contribution in [2.45, 2.75) is 6.54 Å². The van der Waals surface area contributed by atoms with Gasteiger partial charge in [0.05, 0.1) is 20.3 Å². The molecular formula is C16H25N3O2. The normalized spacial score (nSPS) is 20.0. The molecular weight excluding hydrogens is 266 g/mol. The Kier molecular flexibility index (Phi) is 4.95. The maximum Gasteiger partial charge on any atom is 0.120 e. The number of hydrogen-bond donors (Lipinski definition) is 1. The Morgan fingerprint density at radius 1 is 1.19 bits per heavy atom. The Hall–Kier alpha value is -1.30. The van der Waals surface area contributed by atoms with Gasteiger partial charge in [-0.2, -0.15) is 0 Å². The monoisotopic (exact) mass is 291 g/mol. The predicted octanol–water partition coefficient (Wildman–Crippen LogP) is 0.937. The molecule has 0 saturated carbocycles. The van der Waals surface area contributed by atoms with Crippen molar-refractivity contribution in [3.8, 4) is 5.75 Å². The summed E-state index contributed by atoms with van der Waals surface area (Å²) in [5.74, 6) is 0.937. The van der Waals surface area contributed by atoms with Crippen LogP contribution in [0.5, 0.6) is 5.75 Å². The Labute approximate surface area is 126 Å². The highest BCUT2D eigenvalue weighted by Gasteiger charge is 2.17. The van der Waals surface area contributed by atoms with Crippen molar-refractivity contribution in [3.63, 3.8) is 0 Å². The molecule has 0 atom stereocenters. The lowest BCUT2D eigenvalue weighted by atomic mass is 10.1. The number of nitrogens with zero attached hydrogens (tertiary/aromatic N) is 2. The fourth-order valence-electron chi connectivity index (χ4n) is 2.99. The van der Waals surface area contributed by atoms with E-state index in [2.05, 4.69) is 27.2 Å². The minimum atomic E-state index is 0.867. The summed E-state index contributed by atoms with van der Waals surface area (Å²) in [5.41, 5.74) is 2.67. The fraction of sp³-hybridized carbons (Fsp3) is 0.625. The first-order valence-corrected chi connectivity index (χ1v) is 7.79. The molecule has 1 aromatic carbocycles. The minimum absolute atomic E-state index is 0.867. The molecule has 5 heteroatoms. The third kappa shape index (κ3) is 3.67. The van der Waals surface area contributed by atoms with Crippen molar-refractivity contribution in [2.24, 2.45) is 0 Å². The van der Waals surface area contributed by atoms with Crippen LogP contribution in [-0.4, -0.2) is 64.5 Å². The average Bonchev–Trinajstić information content (AvgIpc) is 2.75. The van der Waals surface area contributed by atoms with Gasteiger partial charge >= 0.3 is 0 Å². The number of nitrogens with one attached hydrogen (secondary N) is 1. The molecule has 2 aliphatic rings. The highest BCUT2D eigenvalue weighted by molar-refractivity contribution is 5.58. The van der Waals surface area contributed by atoms with Crippen LogP contribution >= 0.6 is 0 Å². The van der Waals surface area contributed by atoms with Crippen LogP contribution in [0.2, 0.25) is 0 Å². The number of benzene rings is 1. The highest BCUT2D eigenvalue weighted by Crippen LogP contribution is 2.27. The van der Waals surface area contributed by atoms with Gasteiger partial charge in [0, 0.05) is 57.6 Å². The van der Waals surface area contributed by atoms with Gasteiger partial charge in [-0.1, -0.05) is 6.07 Å². The summed E-state index contributed by atoms with van der Waals surface area (Å²) in [5, 5.41) is 3.49. The smallest absolute Gasteiger partial charge is 0.120 e. The van der Waals surface area contributed by atoms with E-state index in [0.29, 0.717) is 0 Å². The number of fused-ring (bicyclic) bond motifs is 1. The quantitative estimate of drug-likeness (QED) is 0.893. The molecule has 0 unspecified atom stereocenters. The van der Waals surface area contributed by atoms with Gasteiger partial charge in [-0.05, 0) is 11.6 Å². The maximum atomic E-state index is 5.42. The van der Waals surface area contributed by atoms with Crippen LogP contribution < -0.4 is 15.0 Å². The number of morpholine rings is 1. The molecule has 21 heavy (non-hydrogen) atoms. The van der Waals surface area contributed by atoms with Crippen LogP contribution in [-0.2, 0) is 11.3 Å². The van der Waals surface area contributed by atoms with E-state index >= 15 is 0 Å². The van der Waals surface area contributed by atoms with Crippen molar-refractivity contribution < 1.29 is 9.47 Å². The first kappa shape index (κ1) is 14.6. The summed E-state index contributed by atoms with van der Waals surface area (Å²) in [6.07, 6.45) is 0. The van der Waals surface area contributed by atoms with E-state index in [9.17, 15) is 0 Å². The van der Waals surface area contributed by atoms with Crippen LogP contribution in [0.1, 0.15) is 5.56 Å². The zero-order chi connectivity index (χ0) is 14.5. The lowest BCUT2D eigenvalue weighted by Gasteiger charge is -2.31. The van der Waals surface area contributed by atoms with Crippen molar-refractivity contribution in [3.05, 3.63) is 23.8 Å². The van der Waals surface area contributed by atoms with Gasteiger partial charge in [0.25, 0.3) is 0 Å². The molecule has 0 bridgehead atoms. The van der Waals surface area contributed by atoms with Gasteiger partial charge in [0.1, 0.15) is 5.75 Å². The molecule has 1 fully saturated rings. The molecule has 2 heterocycles. The molecule has 116 valence electrons. The molecule has 2 aliphatic heterocycles. The molecule has 0 aromatic heterocycles. The molecule has 0 aliphatic carbocycles. The molecule has 0 radical (unpaired) electrons. The van der Waals surface area contributed by atoms with E-state index in [-0.39, 0.29) is 0 Å². The van der Waals surface area contributed by atoms with Crippen molar-refractivity contribution in [1.29, 1.82) is 0 Å². The van der Waals surface area contributed by atoms with E-state index in [0.717, 1.165) is 64.8 Å². The lowest BCUT2D eigenvalue weighted by molar-refractivity contribution is 0.0392. The number of ether oxygens (including phenoxy) is 2. The second kappa shape index (κ2) is 7.11. The second-order valence-electron chi connectivity index (χ2n) is 5.61. The Morgan fingerprint density at radius 2 is 2.05 bits per heavy atom. The van der Waals surface area contributed by atoms with Crippen molar-refractivity contribution in [2.75, 3.05) is 64.5 Å². The van der Waals surface area contributed by atoms with Crippen LogP contribution in [0.4, 0.5) is 5.69 Å². The fourth-order valence-corrected chi connectivity index (χ4v) is 2.99. The third-order valence-electron chi connectivity index (χ3n) is 4.30. The Bertz CT molecular complexity index is 461. The standard InChI is InChI=1S/C16H25N3O2/c1-20-15-3-2-14-13-17-4-5-19(16(14)12-15)7-6-18-8-10-21-11-9-18/h2-3,12,17H,4-11,13H2,1H3. The summed E-state index contributed by atoms with van der Waals surface area (Å²) in [6.45, 7) is 9.01. The number of anilines is 1. The highest BCUT2D eigenvalue weighted by atomic mass is 16.5. The maximum absolute atomic E-state index is 5.42. The van der Waals surface area contributed by atoms with E-state index in [1.54, 1.807) is 7.11 Å². The molecule has 0 spiro atoms. The second-order valence-corrected chi connectivity index (χ2v) is 5.61. The van der Waals surface area contributed by atoms with Gasteiger partial charge in [0.15, 0.2) is 0 Å². The van der Waals surface area contributed by atoms with E-state index in [1.165, 1.54) is 11.3 Å². The average molecular weight is 291 g/mol. The molecule has 1 N–H and O–H groups in total. The van der Waals surface area contributed by atoms with Gasteiger partial charge in [-0.15, -0.1) is 0 Å². The first-order chi connectivity index (χ1) is 10.4. The molecule has 1 saturated heterocycles. The Balaban J connectivity index is 1.69. The number of rotatable bonds is 4. The lowest BCUT2D eigenvalue weighted by Crippen LogP contribution is -2.42.